The molecule has 1 aliphatic rings. The lowest BCUT2D eigenvalue weighted by Gasteiger charge is -2.21. The average Bonchev–Trinajstić information content (AvgIpc) is 2.30. The van der Waals surface area contributed by atoms with Crippen molar-refractivity contribution in [2.45, 2.75) is 13.3 Å². The second-order valence-electron chi connectivity index (χ2n) is 3.46. The molecule has 13 heavy (non-hydrogen) atoms. The van der Waals surface area contributed by atoms with Crippen LogP contribution >= 0.6 is 11.6 Å². The molecule has 1 atom stereocenters. The molecule has 0 spiro atoms. The third-order valence-electron chi connectivity index (χ3n) is 2.10. The zero-order valence-corrected chi connectivity index (χ0v) is 8.72. The van der Waals surface area contributed by atoms with Gasteiger partial charge in [-0.3, -0.25) is 4.79 Å². The fourth-order valence-electron chi connectivity index (χ4n) is 1.44. The lowest BCUT2D eigenvalue weighted by molar-refractivity contribution is -0.131. The van der Waals surface area contributed by atoms with Crippen molar-refractivity contribution in [2.75, 3.05) is 32.2 Å². The monoisotopic (exact) mass is 205 g/mol. The summed E-state index contributed by atoms with van der Waals surface area (Å²) in [7, 11) is 0. The predicted octanol–water partition coefficient (Wildman–Crippen LogP) is 1.11. The van der Waals surface area contributed by atoms with E-state index in [1.807, 2.05) is 4.90 Å². The van der Waals surface area contributed by atoms with Crippen molar-refractivity contribution in [1.82, 2.24) is 4.90 Å². The SMILES string of the molecule is CC1COCCN(C(=O)CCCl)C1. The number of rotatable bonds is 2. The lowest BCUT2D eigenvalue weighted by Crippen LogP contribution is -2.35. The third-order valence-corrected chi connectivity index (χ3v) is 2.29. The molecule has 4 heteroatoms. The summed E-state index contributed by atoms with van der Waals surface area (Å²) in [5.41, 5.74) is 0. The Morgan fingerprint density at radius 3 is 3.15 bits per heavy atom. The highest BCUT2D eigenvalue weighted by Gasteiger charge is 2.18. The van der Waals surface area contributed by atoms with Crippen LogP contribution in [0.3, 0.4) is 0 Å². The summed E-state index contributed by atoms with van der Waals surface area (Å²) in [5, 5.41) is 0. The summed E-state index contributed by atoms with van der Waals surface area (Å²) in [5.74, 6) is 0.985. The fourth-order valence-corrected chi connectivity index (χ4v) is 1.61. The normalized spacial score (nSPS) is 24.2. The summed E-state index contributed by atoms with van der Waals surface area (Å²) in [4.78, 5) is 13.3. The Bertz CT molecular complexity index is 175. The largest absolute Gasteiger partial charge is 0.379 e. The molecule has 0 aromatic carbocycles. The maximum atomic E-state index is 11.5. The Kier molecular flexibility index (Phi) is 4.53. The van der Waals surface area contributed by atoms with Crippen LogP contribution in [0.2, 0.25) is 0 Å². The van der Waals surface area contributed by atoms with Gasteiger partial charge in [0.2, 0.25) is 5.91 Å². The van der Waals surface area contributed by atoms with Crippen molar-refractivity contribution >= 4 is 17.5 Å². The molecular formula is C9H16ClNO2. The molecule has 0 aromatic rings. The van der Waals surface area contributed by atoms with Crippen LogP contribution in [0.1, 0.15) is 13.3 Å². The van der Waals surface area contributed by atoms with E-state index in [1.165, 1.54) is 0 Å². The van der Waals surface area contributed by atoms with Gasteiger partial charge in [-0.05, 0) is 5.92 Å². The van der Waals surface area contributed by atoms with Crippen LogP contribution in [0.15, 0.2) is 0 Å². The minimum Gasteiger partial charge on any atom is -0.379 e. The van der Waals surface area contributed by atoms with Gasteiger partial charge in [0.15, 0.2) is 0 Å². The molecule has 0 aromatic heterocycles. The van der Waals surface area contributed by atoms with Crippen molar-refractivity contribution in [3.63, 3.8) is 0 Å². The highest BCUT2D eigenvalue weighted by atomic mass is 35.5. The molecule has 0 N–H and O–H groups in total. The second kappa shape index (κ2) is 5.45. The van der Waals surface area contributed by atoms with E-state index in [2.05, 4.69) is 6.92 Å². The quantitative estimate of drug-likeness (QED) is 0.633. The number of hydrogen-bond donors (Lipinski definition) is 0. The Balaban J connectivity index is 2.42. The van der Waals surface area contributed by atoms with E-state index in [0.29, 0.717) is 31.4 Å². The van der Waals surface area contributed by atoms with Crippen molar-refractivity contribution in [3.05, 3.63) is 0 Å². The van der Waals surface area contributed by atoms with Crippen LogP contribution in [0.4, 0.5) is 0 Å². The molecule has 76 valence electrons. The lowest BCUT2D eigenvalue weighted by atomic mass is 10.2. The Hall–Kier alpha value is -0.280. The molecule has 1 heterocycles. The first-order valence-corrected chi connectivity index (χ1v) is 5.19. The molecule has 1 rings (SSSR count). The minimum atomic E-state index is 0.146. The molecule has 0 aliphatic carbocycles. The maximum Gasteiger partial charge on any atom is 0.223 e. The van der Waals surface area contributed by atoms with Crippen LogP contribution in [0, 0.1) is 5.92 Å². The molecule has 0 bridgehead atoms. The van der Waals surface area contributed by atoms with E-state index >= 15 is 0 Å². The molecule has 1 fully saturated rings. The van der Waals surface area contributed by atoms with Gasteiger partial charge in [0.1, 0.15) is 0 Å². The van der Waals surface area contributed by atoms with E-state index in [9.17, 15) is 4.79 Å². The summed E-state index contributed by atoms with van der Waals surface area (Å²) >= 11 is 5.51. The number of carbonyl (C=O) groups is 1. The fraction of sp³-hybridized carbons (Fsp3) is 0.889. The van der Waals surface area contributed by atoms with E-state index in [-0.39, 0.29) is 5.91 Å². The van der Waals surface area contributed by atoms with Crippen molar-refractivity contribution < 1.29 is 9.53 Å². The smallest absolute Gasteiger partial charge is 0.223 e. The van der Waals surface area contributed by atoms with Gasteiger partial charge in [-0.15, -0.1) is 11.6 Å². The molecule has 1 amide bonds. The molecule has 1 saturated heterocycles. The topological polar surface area (TPSA) is 29.5 Å². The standard InChI is InChI=1S/C9H16ClNO2/c1-8-6-11(4-5-13-7-8)9(12)2-3-10/h8H,2-7H2,1H3. The van der Waals surface area contributed by atoms with Gasteiger partial charge in [-0.25, -0.2) is 0 Å². The Labute approximate surface area is 84.0 Å². The summed E-state index contributed by atoms with van der Waals surface area (Å²) < 4.78 is 5.34. The first-order valence-electron chi connectivity index (χ1n) is 4.65. The summed E-state index contributed by atoms with van der Waals surface area (Å²) in [6.45, 7) is 5.01. The van der Waals surface area contributed by atoms with Gasteiger partial charge in [0.25, 0.3) is 0 Å². The van der Waals surface area contributed by atoms with Gasteiger partial charge in [0.05, 0.1) is 13.2 Å². The van der Waals surface area contributed by atoms with E-state index in [1.54, 1.807) is 0 Å². The second-order valence-corrected chi connectivity index (χ2v) is 3.84. The van der Waals surface area contributed by atoms with E-state index in [4.69, 9.17) is 16.3 Å². The predicted molar refractivity (Wildman–Crippen MR) is 51.9 cm³/mol. The molecular weight excluding hydrogens is 190 g/mol. The molecule has 0 saturated carbocycles. The summed E-state index contributed by atoms with van der Waals surface area (Å²) in [6.07, 6.45) is 0.439. The van der Waals surface area contributed by atoms with E-state index in [0.717, 1.165) is 13.2 Å². The molecule has 3 nitrogen and oxygen atoms in total. The number of halogens is 1. The first-order chi connectivity index (χ1) is 6.24. The molecule has 1 aliphatic heterocycles. The number of amides is 1. The van der Waals surface area contributed by atoms with Crippen LogP contribution in [-0.4, -0.2) is 43.0 Å². The number of alkyl halides is 1. The number of carbonyl (C=O) groups excluding carboxylic acids is 1. The first kappa shape index (κ1) is 10.8. The number of nitrogens with zero attached hydrogens (tertiary/aromatic N) is 1. The zero-order valence-electron chi connectivity index (χ0n) is 7.96. The third kappa shape index (κ3) is 3.53. The van der Waals surface area contributed by atoms with Gasteiger partial charge in [0, 0.05) is 25.4 Å². The maximum absolute atomic E-state index is 11.5. The minimum absolute atomic E-state index is 0.146. The van der Waals surface area contributed by atoms with E-state index < -0.39 is 0 Å². The van der Waals surface area contributed by atoms with Crippen molar-refractivity contribution in [3.8, 4) is 0 Å². The highest BCUT2D eigenvalue weighted by Crippen LogP contribution is 2.07. The van der Waals surface area contributed by atoms with Gasteiger partial charge in [-0.1, -0.05) is 6.92 Å². The van der Waals surface area contributed by atoms with Gasteiger partial charge >= 0.3 is 0 Å². The number of ether oxygens (including phenoxy) is 1. The Morgan fingerprint density at radius 1 is 1.69 bits per heavy atom. The molecule has 1 unspecified atom stereocenters. The van der Waals surface area contributed by atoms with Crippen molar-refractivity contribution in [1.29, 1.82) is 0 Å². The van der Waals surface area contributed by atoms with Crippen LogP contribution in [-0.2, 0) is 9.53 Å². The van der Waals surface area contributed by atoms with Gasteiger partial charge < -0.3 is 9.64 Å². The summed E-state index contributed by atoms with van der Waals surface area (Å²) in [6, 6.07) is 0. The Morgan fingerprint density at radius 2 is 2.46 bits per heavy atom. The van der Waals surface area contributed by atoms with Gasteiger partial charge in [-0.2, -0.15) is 0 Å². The molecule has 0 radical (unpaired) electrons. The van der Waals surface area contributed by atoms with Crippen LogP contribution in [0.25, 0.3) is 0 Å². The highest BCUT2D eigenvalue weighted by molar-refractivity contribution is 6.18. The zero-order chi connectivity index (χ0) is 9.68. The van der Waals surface area contributed by atoms with Crippen LogP contribution < -0.4 is 0 Å². The van der Waals surface area contributed by atoms with Crippen molar-refractivity contribution in [2.24, 2.45) is 5.92 Å². The number of hydrogen-bond acceptors (Lipinski definition) is 2. The average molecular weight is 206 g/mol. The van der Waals surface area contributed by atoms with Crippen LogP contribution in [0.5, 0.6) is 0 Å².